The molecule has 0 saturated carbocycles. The van der Waals surface area contributed by atoms with Gasteiger partial charge in [-0.15, -0.1) is 0 Å². The number of hydrogen-bond acceptors (Lipinski definition) is 3. The second kappa shape index (κ2) is 7.38. The maximum absolute atomic E-state index is 12.6. The first-order valence-corrected chi connectivity index (χ1v) is 8.43. The summed E-state index contributed by atoms with van der Waals surface area (Å²) in [6.45, 7) is 4.63. The Bertz CT molecular complexity index is 504. The lowest BCUT2D eigenvalue weighted by molar-refractivity contribution is 0.167. The molecule has 108 valence electrons. The summed E-state index contributed by atoms with van der Waals surface area (Å²) < 4.78 is 32.5. The first kappa shape index (κ1) is 16.6. The summed E-state index contributed by atoms with van der Waals surface area (Å²) in [7, 11) is -1.91. The third-order valence-electron chi connectivity index (χ3n) is 3.00. The third kappa shape index (κ3) is 4.27. The van der Waals surface area contributed by atoms with Crippen LogP contribution in [0.15, 0.2) is 33.6 Å². The second-order valence-corrected chi connectivity index (χ2v) is 7.13. The molecule has 0 aliphatic rings. The van der Waals surface area contributed by atoms with Crippen molar-refractivity contribution in [1.29, 1.82) is 0 Å². The molecule has 0 heterocycles. The van der Waals surface area contributed by atoms with Crippen molar-refractivity contribution in [2.24, 2.45) is 0 Å². The maximum atomic E-state index is 12.6. The maximum Gasteiger partial charge on any atom is 0.243 e. The monoisotopic (exact) mass is 349 g/mol. The van der Waals surface area contributed by atoms with Gasteiger partial charge in [0.25, 0.3) is 0 Å². The topological polar surface area (TPSA) is 46.6 Å². The Morgan fingerprint density at radius 1 is 1.42 bits per heavy atom. The molecule has 0 bridgehead atoms. The molecular formula is C13H20BrNO3S. The van der Waals surface area contributed by atoms with Crippen molar-refractivity contribution in [3.63, 3.8) is 0 Å². The Balaban J connectivity index is 3.11. The highest BCUT2D eigenvalue weighted by molar-refractivity contribution is 9.10. The van der Waals surface area contributed by atoms with Crippen LogP contribution in [0.2, 0.25) is 0 Å². The number of sulfonamides is 1. The van der Waals surface area contributed by atoms with Gasteiger partial charge in [-0.25, -0.2) is 8.42 Å². The minimum atomic E-state index is -3.48. The number of benzene rings is 1. The molecule has 6 heteroatoms. The number of hydrogen-bond donors (Lipinski definition) is 0. The van der Waals surface area contributed by atoms with Crippen LogP contribution < -0.4 is 0 Å². The number of ether oxygens (including phenoxy) is 1. The van der Waals surface area contributed by atoms with Crippen molar-refractivity contribution in [2.75, 3.05) is 20.3 Å². The summed E-state index contributed by atoms with van der Waals surface area (Å²) in [6.07, 6.45) is 0.761. The van der Waals surface area contributed by atoms with Gasteiger partial charge in [0.05, 0.1) is 11.5 Å². The van der Waals surface area contributed by atoms with Crippen LogP contribution in [0.1, 0.15) is 20.3 Å². The van der Waals surface area contributed by atoms with E-state index in [4.69, 9.17) is 4.74 Å². The van der Waals surface area contributed by atoms with Crippen molar-refractivity contribution < 1.29 is 13.2 Å². The minimum absolute atomic E-state index is 0.0564. The molecular weight excluding hydrogens is 330 g/mol. The van der Waals surface area contributed by atoms with Gasteiger partial charge >= 0.3 is 0 Å². The predicted octanol–water partition coefficient (Wildman–Crippen LogP) is 2.88. The lowest BCUT2D eigenvalue weighted by Gasteiger charge is -2.27. The fourth-order valence-corrected chi connectivity index (χ4v) is 4.01. The van der Waals surface area contributed by atoms with Crippen LogP contribution in [-0.2, 0) is 14.8 Å². The van der Waals surface area contributed by atoms with E-state index in [2.05, 4.69) is 15.9 Å². The summed E-state index contributed by atoms with van der Waals surface area (Å²) in [5.74, 6) is 0. The number of methoxy groups -OCH3 is 1. The molecule has 1 aromatic rings. The molecule has 0 saturated heterocycles. The Morgan fingerprint density at radius 2 is 2.11 bits per heavy atom. The Kier molecular flexibility index (Phi) is 6.46. The predicted molar refractivity (Wildman–Crippen MR) is 79.7 cm³/mol. The Labute approximate surface area is 123 Å². The quantitative estimate of drug-likeness (QED) is 0.760. The van der Waals surface area contributed by atoms with Crippen LogP contribution in [0.25, 0.3) is 0 Å². The summed E-state index contributed by atoms with van der Waals surface area (Å²) in [5, 5.41) is 0. The Hall–Kier alpha value is -0.430. The van der Waals surface area contributed by atoms with E-state index in [-0.39, 0.29) is 6.04 Å². The second-order valence-electron chi connectivity index (χ2n) is 4.32. The molecule has 0 aliphatic carbocycles. The van der Waals surface area contributed by atoms with Crippen molar-refractivity contribution in [3.05, 3.63) is 28.7 Å². The number of rotatable bonds is 7. The van der Waals surface area contributed by atoms with Gasteiger partial charge in [-0.1, -0.05) is 28.9 Å². The van der Waals surface area contributed by atoms with E-state index in [1.807, 2.05) is 19.9 Å². The molecule has 0 spiro atoms. The first-order chi connectivity index (χ1) is 8.93. The summed E-state index contributed by atoms with van der Waals surface area (Å²) in [5.41, 5.74) is 0. The van der Waals surface area contributed by atoms with Crippen molar-refractivity contribution in [1.82, 2.24) is 4.31 Å². The van der Waals surface area contributed by atoms with Crippen LogP contribution in [0, 0.1) is 0 Å². The summed E-state index contributed by atoms with van der Waals surface area (Å²) >= 11 is 3.30. The van der Waals surface area contributed by atoms with Crippen LogP contribution in [0.3, 0.4) is 0 Å². The highest BCUT2D eigenvalue weighted by atomic mass is 79.9. The average Bonchev–Trinajstić information content (AvgIpc) is 2.38. The lowest BCUT2D eigenvalue weighted by Crippen LogP contribution is -2.40. The van der Waals surface area contributed by atoms with E-state index in [0.29, 0.717) is 18.0 Å². The van der Waals surface area contributed by atoms with E-state index >= 15 is 0 Å². The van der Waals surface area contributed by atoms with Gasteiger partial charge in [0.15, 0.2) is 0 Å². The van der Waals surface area contributed by atoms with Crippen LogP contribution in [0.4, 0.5) is 0 Å². The average molecular weight is 350 g/mol. The smallest absolute Gasteiger partial charge is 0.243 e. The highest BCUT2D eigenvalue weighted by Gasteiger charge is 2.27. The Morgan fingerprint density at radius 3 is 2.63 bits per heavy atom. The highest BCUT2D eigenvalue weighted by Crippen LogP contribution is 2.22. The van der Waals surface area contributed by atoms with E-state index in [9.17, 15) is 8.42 Å². The normalized spacial score (nSPS) is 13.7. The molecule has 4 nitrogen and oxygen atoms in total. The molecule has 19 heavy (non-hydrogen) atoms. The minimum Gasteiger partial charge on any atom is -0.383 e. The van der Waals surface area contributed by atoms with Gasteiger partial charge in [-0.3, -0.25) is 0 Å². The number of nitrogens with zero attached hydrogens (tertiary/aromatic N) is 1. The van der Waals surface area contributed by atoms with Crippen LogP contribution in [-0.4, -0.2) is 39.0 Å². The van der Waals surface area contributed by atoms with E-state index in [0.717, 1.165) is 10.9 Å². The molecule has 1 atom stereocenters. The van der Waals surface area contributed by atoms with Gasteiger partial charge < -0.3 is 4.74 Å². The molecule has 1 rings (SSSR count). The number of halogens is 1. The lowest BCUT2D eigenvalue weighted by atomic mass is 10.3. The third-order valence-corrected chi connectivity index (χ3v) is 5.50. The van der Waals surface area contributed by atoms with Crippen molar-refractivity contribution >= 4 is 26.0 Å². The zero-order valence-corrected chi connectivity index (χ0v) is 13.9. The largest absolute Gasteiger partial charge is 0.383 e. The molecule has 0 aromatic heterocycles. The van der Waals surface area contributed by atoms with E-state index < -0.39 is 10.0 Å². The fourth-order valence-electron chi connectivity index (χ4n) is 1.73. The van der Waals surface area contributed by atoms with E-state index in [1.165, 1.54) is 4.31 Å². The summed E-state index contributed by atoms with van der Waals surface area (Å²) in [6, 6.07) is 6.71. The van der Waals surface area contributed by atoms with Gasteiger partial charge in [-0.05, 0) is 31.5 Å². The zero-order chi connectivity index (χ0) is 14.5. The molecule has 1 unspecified atom stereocenters. The van der Waals surface area contributed by atoms with Gasteiger partial charge in [0, 0.05) is 24.2 Å². The molecule has 0 aliphatic heterocycles. The van der Waals surface area contributed by atoms with Crippen LogP contribution in [0.5, 0.6) is 0 Å². The van der Waals surface area contributed by atoms with Gasteiger partial charge in [-0.2, -0.15) is 4.31 Å². The van der Waals surface area contributed by atoms with Crippen LogP contribution >= 0.6 is 15.9 Å². The SMILES string of the molecule is CCC(C)N(CCOC)S(=O)(=O)c1cccc(Br)c1. The van der Waals surface area contributed by atoms with Crippen molar-refractivity contribution in [3.8, 4) is 0 Å². The standard InChI is InChI=1S/C13H20BrNO3S/c1-4-11(2)15(8-9-18-3)19(16,17)13-7-5-6-12(14)10-13/h5-7,10-11H,4,8-9H2,1-3H3. The van der Waals surface area contributed by atoms with Gasteiger partial charge in [0.2, 0.25) is 10.0 Å². The first-order valence-electron chi connectivity index (χ1n) is 6.19. The van der Waals surface area contributed by atoms with Crippen molar-refractivity contribution in [2.45, 2.75) is 31.2 Å². The fraction of sp³-hybridized carbons (Fsp3) is 0.538. The van der Waals surface area contributed by atoms with E-state index in [1.54, 1.807) is 25.3 Å². The molecule has 0 amide bonds. The molecule has 1 aromatic carbocycles. The van der Waals surface area contributed by atoms with Gasteiger partial charge in [0.1, 0.15) is 0 Å². The molecule has 0 N–H and O–H groups in total. The zero-order valence-electron chi connectivity index (χ0n) is 11.5. The molecule has 0 radical (unpaired) electrons. The summed E-state index contributed by atoms with van der Waals surface area (Å²) in [4.78, 5) is 0.304. The molecule has 0 fully saturated rings.